The molecule has 0 atom stereocenters. The molecule has 2 saturated heterocycles. The van der Waals surface area contributed by atoms with Gasteiger partial charge in [-0.15, -0.1) is 24.8 Å². The van der Waals surface area contributed by atoms with Crippen molar-refractivity contribution in [2.45, 2.75) is 18.4 Å². The highest BCUT2D eigenvalue weighted by Crippen LogP contribution is 2.23. The molecule has 3 rings (SSSR count). The number of piperidine rings is 1. The average Bonchev–Trinajstić information content (AvgIpc) is 2.72. The molecule has 0 radical (unpaired) electrons. The Labute approximate surface area is 189 Å². The number of rotatable bonds is 5. The second-order valence-electron chi connectivity index (χ2n) is 6.98. The minimum atomic E-state index is -0.823. The lowest BCUT2D eigenvalue weighted by Crippen LogP contribution is -2.56. The summed E-state index contributed by atoms with van der Waals surface area (Å²) < 4.78 is 5.50. The first-order chi connectivity index (χ1) is 13.0. The number of hydrogen-bond donors (Lipinski definition) is 2. The van der Waals surface area contributed by atoms with E-state index in [2.05, 4.69) is 15.5 Å². The van der Waals surface area contributed by atoms with Gasteiger partial charge in [0, 0.05) is 44.0 Å². The van der Waals surface area contributed by atoms with E-state index in [-0.39, 0.29) is 43.2 Å². The Morgan fingerprint density at radius 1 is 1.17 bits per heavy atom. The largest absolute Gasteiger partial charge is 0.368 e. The molecule has 2 N–H and O–H groups in total. The third-order valence-corrected chi connectivity index (χ3v) is 5.66. The normalized spacial score (nSPS) is 18.3. The van der Waals surface area contributed by atoms with Crippen LogP contribution in [0.3, 0.4) is 0 Å². The molecular formula is C19H29Cl3N4O3. The van der Waals surface area contributed by atoms with E-state index < -0.39 is 5.60 Å². The SMILES string of the molecule is COC1(C(=O)NCC(=O)N2CCN(c3cccc(Cl)c3)CC2)CCNCC1.Cl.Cl. The zero-order chi connectivity index (χ0) is 19.3. The second kappa shape index (κ2) is 11.8. The summed E-state index contributed by atoms with van der Waals surface area (Å²) in [6.07, 6.45) is 1.23. The fraction of sp³-hybridized carbons (Fsp3) is 0.579. The van der Waals surface area contributed by atoms with Crippen molar-refractivity contribution in [1.82, 2.24) is 15.5 Å². The molecule has 0 bridgehead atoms. The number of halogens is 3. The number of hydrogen-bond acceptors (Lipinski definition) is 5. The van der Waals surface area contributed by atoms with Gasteiger partial charge in [-0.1, -0.05) is 17.7 Å². The van der Waals surface area contributed by atoms with Gasteiger partial charge in [-0.25, -0.2) is 0 Å². The number of methoxy groups -OCH3 is 1. The number of amides is 2. The highest BCUT2D eigenvalue weighted by Gasteiger charge is 2.39. The molecule has 0 spiro atoms. The Morgan fingerprint density at radius 2 is 1.83 bits per heavy atom. The molecule has 29 heavy (non-hydrogen) atoms. The van der Waals surface area contributed by atoms with Crippen molar-refractivity contribution >= 4 is 53.9 Å². The molecule has 0 aromatic heterocycles. The fourth-order valence-corrected chi connectivity index (χ4v) is 3.85. The Bertz CT molecular complexity index is 678. The lowest BCUT2D eigenvalue weighted by atomic mass is 9.91. The first-order valence-corrected chi connectivity index (χ1v) is 9.74. The smallest absolute Gasteiger partial charge is 0.252 e. The first kappa shape index (κ1) is 25.8. The number of anilines is 1. The molecule has 2 aliphatic rings. The van der Waals surface area contributed by atoms with Crippen LogP contribution in [0, 0.1) is 0 Å². The summed E-state index contributed by atoms with van der Waals surface area (Å²) in [5.74, 6) is -0.258. The molecule has 2 aliphatic heterocycles. The van der Waals surface area contributed by atoms with Gasteiger partial charge in [0.25, 0.3) is 5.91 Å². The van der Waals surface area contributed by atoms with E-state index in [0.717, 1.165) is 31.9 Å². The molecule has 7 nitrogen and oxygen atoms in total. The van der Waals surface area contributed by atoms with Crippen LogP contribution in [0.25, 0.3) is 0 Å². The van der Waals surface area contributed by atoms with E-state index in [1.54, 1.807) is 12.0 Å². The van der Waals surface area contributed by atoms with Crippen molar-refractivity contribution in [1.29, 1.82) is 0 Å². The highest BCUT2D eigenvalue weighted by molar-refractivity contribution is 6.30. The van der Waals surface area contributed by atoms with E-state index in [9.17, 15) is 9.59 Å². The van der Waals surface area contributed by atoms with Crippen LogP contribution in [0.1, 0.15) is 12.8 Å². The minimum absolute atomic E-state index is 0. The quantitative estimate of drug-likeness (QED) is 0.690. The molecule has 0 aliphatic carbocycles. The van der Waals surface area contributed by atoms with Crippen molar-refractivity contribution in [2.75, 3.05) is 57.8 Å². The van der Waals surface area contributed by atoms with Gasteiger partial charge in [0.1, 0.15) is 5.60 Å². The maximum atomic E-state index is 12.6. The van der Waals surface area contributed by atoms with Crippen LogP contribution in [-0.2, 0) is 14.3 Å². The van der Waals surface area contributed by atoms with E-state index in [1.165, 1.54) is 0 Å². The van der Waals surface area contributed by atoms with Crippen LogP contribution in [0.5, 0.6) is 0 Å². The average molecular weight is 468 g/mol. The number of nitrogens with zero attached hydrogens (tertiary/aromatic N) is 2. The van der Waals surface area contributed by atoms with Crippen molar-refractivity contribution in [3.63, 3.8) is 0 Å². The third-order valence-electron chi connectivity index (χ3n) is 5.42. The van der Waals surface area contributed by atoms with Crippen LogP contribution in [0.2, 0.25) is 5.02 Å². The first-order valence-electron chi connectivity index (χ1n) is 9.36. The molecule has 164 valence electrons. The van der Waals surface area contributed by atoms with Crippen molar-refractivity contribution in [3.8, 4) is 0 Å². The maximum absolute atomic E-state index is 12.6. The van der Waals surface area contributed by atoms with Crippen LogP contribution < -0.4 is 15.5 Å². The van der Waals surface area contributed by atoms with E-state index in [1.807, 2.05) is 24.3 Å². The van der Waals surface area contributed by atoms with Crippen LogP contribution in [0.4, 0.5) is 5.69 Å². The lowest BCUT2D eigenvalue weighted by molar-refractivity contribution is -0.148. The van der Waals surface area contributed by atoms with Gasteiger partial charge in [-0.3, -0.25) is 9.59 Å². The number of benzene rings is 1. The molecule has 1 aromatic rings. The predicted molar refractivity (Wildman–Crippen MR) is 120 cm³/mol. The Kier molecular flexibility index (Phi) is 10.5. The predicted octanol–water partition coefficient (Wildman–Crippen LogP) is 1.72. The number of carbonyl (C=O) groups is 2. The summed E-state index contributed by atoms with van der Waals surface area (Å²) in [5, 5.41) is 6.70. The zero-order valence-electron chi connectivity index (χ0n) is 16.5. The molecule has 1 aromatic carbocycles. The topological polar surface area (TPSA) is 73.9 Å². The fourth-order valence-electron chi connectivity index (χ4n) is 3.67. The van der Waals surface area contributed by atoms with Crippen molar-refractivity contribution in [3.05, 3.63) is 29.3 Å². The van der Waals surface area contributed by atoms with E-state index in [4.69, 9.17) is 16.3 Å². The molecule has 2 fully saturated rings. The number of nitrogens with one attached hydrogen (secondary N) is 2. The van der Waals surface area contributed by atoms with Gasteiger partial charge in [0.15, 0.2) is 0 Å². The highest BCUT2D eigenvalue weighted by atomic mass is 35.5. The summed E-state index contributed by atoms with van der Waals surface area (Å²) in [7, 11) is 1.56. The Balaban J connectivity index is 0.00000210. The molecule has 2 amide bonds. The van der Waals surface area contributed by atoms with Gasteiger partial charge in [0.05, 0.1) is 6.54 Å². The van der Waals surface area contributed by atoms with E-state index >= 15 is 0 Å². The number of piperazine rings is 1. The van der Waals surface area contributed by atoms with Crippen LogP contribution in [-0.4, -0.2) is 75.2 Å². The van der Waals surface area contributed by atoms with Crippen LogP contribution >= 0.6 is 36.4 Å². The molecule has 0 unspecified atom stereocenters. The zero-order valence-corrected chi connectivity index (χ0v) is 18.9. The lowest BCUT2D eigenvalue weighted by Gasteiger charge is -2.37. The van der Waals surface area contributed by atoms with Gasteiger partial charge in [-0.05, 0) is 44.1 Å². The molecule has 0 saturated carbocycles. The second-order valence-corrected chi connectivity index (χ2v) is 7.42. The summed E-state index contributed by atoms with van der Waals surface area (Å²) in [6, 6.07) is 7.73. The Morgan fingerprint density at radius 3 is 2.41 bits per heavy atom. The summed E-state index contributed by atoms with van der Waals surface area (Å²) in [6.45, 7) is 4.22. The molecule has 2 heterocycles. The Hall–Kier alpha value is -1.25. The van der Waals surface area contributed by atoms with Crippen molar-refractivity contribution < 1.29 is 14.3 Å². The third kappa shape index (κ3) is 6.36. The number of carbonyl (C=O) groups excluding carboxylic acids is 2. The molecule has 10 heteroatoms. The maximum Gasteiger partial charge on any atom is 0.252 e. The minimum Gasteiger partial charge on any atom is -0.368 e. The summed E-state index contributed by atoms with van der Waals surface area (Å²) >= 11 is 6.06. The number of ether oxygens (including phenoxy) is 1. The van der Waals surface area contributed by atoms with Crippen molar-refractivity contribution in [2.24, 2.45) is 0 Å². The van der Waals surface area contributed by atoms with Gasteiger partial charge in [0.2, 0.25) is 5.91 Å². The summed E-state index contributed by atoms with van der Waals surface area (Å²) in [5.41, 5.74) is 0.243. The van der Waals surface area contributed by atoms with Gasteiger partial charge < -0.3 is 25.2 Å². The molecular weight excluding hydrogens is 439 g/mol. The van der Waals surface area contributed by atoms with Gasteiger partial charge in [-0.2, -0.15) is 0 Å². The van der Waals surface area contributed by atoms with E-state index in [0.29, 0.717) is 31.0 Å². The van der Waals surface area contributed by atoms with Gasteiger partial charge >= 0.3 is 0 Å². The standard InChI is InChI=1S/C19H27ClN4O3.2ClH/c1-27-19(5-7-21-8-6-19)18(26)22-14-17(25)24-11-9-23(10-12-24)16-4-2-3-15(20)13-16;;/h2-4,13,21H,5-12,14H2,1H3,(H,22,26);2*1H. The van der Waals surface area contributed by atoms with Crippen LogP contribution in [0.15, 0.2) is 24.3 Å². The monoisotopic (exact) mass is 466 g/mol. The summed E-state index contributed by atoms with van der Waals surface area (Å²) in [4.78, 5) is 29.1.